The fourth-order valence-corrected chi connectivity index (χ4v) is 2.44. The Bertz CT molecular complexity index is 863. The summed E-state index contributed by atoms with van der Waals surface area (Å²) in [7, 11) is 1.45. The van der Waals surface area contributed by atoms with Crippen molar-refractivity contribution in [1.29, 1.82) is 0 Å². The van der Waals surface area contributed by atoms with Crippen LogP contribution < -0.4 is 15.5 Å². The summed E-state index contributed by atoms with van der Waals surface area (Å²) in [5.74, 6) is -0.267. The summed E-state index contributed by atoms with van der Waals surface area (Å²) in [6.45, 7) is 3.65. The maximum atomic E-state index is 11.9. The Morgan fingerprint density at radius 1 is 1.18 bits per heavy atom. The second-order valence-electron chi connectivity index (χ2n) is 5.93. The molecule has 28 heavy (non-hydrogen) atoms. The van der Waals surface area contributed by atoms with Crippen LogP contribution in [0.2, 0.25) is 0 Å². The van der Waals surface area contributed by atoms with Gasteiger partial charge in [0.25, 0.3) is 0 Å². The van der Waals surface area contributed by atoms with E-state index in [0.29, 0.717) is 29.0 Å². The molecule has 2 rings (SSSR count). The minimum absolute atomic E-state index is 0.0105. The van der Waals surface area contributed by atoms with Gasteiger partial charge in [-0.2, -0.15) is 5.10 Å². The van der Waals surface area contributed by atoms with Crippen LogP contribution in [0.5, 0.6) is 11.5 Å². The number of hydrazone groups is 1. The van der Waals surface area contributed by atoms with E-state index in [0.717, 1.165) is 0 Å². The topological polar surface area (TPSA) is 100 Å². The lowest BCUT2D eigenvalue weighted by Gasteiger charge is -2.09. The first kappa shape index (κ1) is 20.7. The summed E-state index contributed by atoms with van der Waals surface area (Å²) in [6, 6.07) is 12.4. The van der Waals surface area contributed by atoms with E-state index in [2.05, 4.69) is 22.4 Å². The zero-order valence-electron chi connectivity index (χ0n) is 15.6. The summed E-state index contributed by atoms with van der Waals surface area (Å²) >= 11 is 0. The summed E-state index contributed by atoms with van der Waals surface area (Å²) < 4.78 is 5.14. The van der Waals surface area contributed by atoms with E-state index in [1.165, 1.54) is 13.3 Å². The van der Waals surface area contributed by atoms with E-state index in [-0.39, 0.29) is 30.4 Å². The lowest BCUT2D eigenvalue weighted by Crippen LogP contribution is -2.20. The smallest absolute Gasteiger partial charge is 0.240 e. The number of phenolic OH excluding ortho intramolecular Hbond substituents is 1. The van der Waals surface area contributed by atoms with Crippen LogP contribution in [0.25, 0.3) is 0 Å². The molecule has 0 radical (unpaired) electrons. The van der Waals surface area contributed by atoms with Gasteiger partial charge in [-0.15, -0.1) is 6.58 Å². The maximum absolute atomic E-state index is 11.9. The zero-order valence-corrected chi connectivity index (χ0v) is 15.6. The number of ether oxygens (including phenoxy) is 1. The number of benzene rings is 2. The van der Waals surface area contributed by atoms with Crippen molar-refractivity contribution in [3.63, 3.8) is 0 Å². The zero-order chi connectivity index (χ0) is 20.4. The third-order valence-corrected chi connectivity index (χ3v) is 3.80. The summed E-state index contributed by atoms with van der Waals surface area (Å²) in [6.07, 6.45) is 3.63. The van der Waals surface area contributed by atoms with Crippen LogP contribution >= 0.6 is 0 Å². The molecule has 0 aromatic heterocycles. The Morgan fingerprint density at radius 2 is 1.89 bits per heavy atom. The molecule has 0 atom stereocenters. The number of aromatic hydroxyl groups is 1. The molecule has 0 saturated heterocycles. The molecule has 0 unspecified atom stereocenters. The molecule has 2 aromatic rings. The van der Waals surface area contributed by atoms with Crippen LogP contribution in [0.1, 0.15) is 24.0 Å². The van der Waals surface area contributed by atoms with E-state index in [4.69, 9.17) is 4.74 Å². The highest BCUT2D eigenvalue weighted by atomic mass is 16.5. The van der Waals surface area contributed by atoms with E-state index in [1.807, 2.05) is 18.2 Å². The quantitative estimate of drug-likeness (QED) is 0.353. The van der Waals surface area contributed by atoms with Gasteiger partial charge in [-0.25, -0.2) is 5.43 Å². The lowest BCUT2D eigenvalue weighted by molar-refractivity contribution is -0.124. The molecule has 7 heteroatoms. The molecule has 0 spiro atoms. The molecule has 0 aliphatic carbocycles. The third-order valence-electron chi connectivity index (χ3n) is 3.80. The van der Waals surface area contributed by atoms with Crippen molar-refractivity contribution in [2.24, 2.45) is 5.10 Å². The predicted molar refractivity (Wildman–Crippen MR) is 109 cm³/mol. The highest BCUT2D eigenvalue weighted by Crippen LogP contribution is 2.31. The fourth-order valence-electron chi connectivity index (χ4n) is 2.44. The van der Waals surface area contributed by atoms with Gasteiger partial charge in [-0.1, -0.05) is 24.3 Å². The standard InChI is InChI=1S/C21H23N3O4/c1-3-7-16-12-15(13-18(28-2)21(16)27)14-22-24-20(26)11-10-19(25)23-17-8-5-4-6-9-17/h3-6,8-9,12-14,27H,1,7,10-11H2,2H3,(H,23,25)(H,24,26)/b22-14+. The van der Waals surface area contributed by atoms with E-state index < -0.39 is 0 Å². The average Bonchev–Trinajstić information content (AvgIpc) is 2.69. The molecule has 0 fully saturated rings. The van der Waals surface area contributed by atoms with Crippen molar-refractivity contribution in [3.8, 4) is 11.5 Å². The second kappa shape index (κ2) is 10.5. The number of hydrogen-bond acceptors (Lipinski definition) is 5. The number of anilines is 1. The fraction of sp³-hybridized carbons (Fsp3) is 0.190. The molecule has 2 aromatic carbocycles. The monoisotopic (exact) mass is 381 g/mol. The molecule has 2 amide bonds. The normalized spacial score (nSPS) is 10.5. The van der Waals surface area contributed by atoms with Crippen LogP contribution in [0.15, 0.2) is 60.2 Å². The Morgan fingerprint density at radius 3 is 2.57 bits per heavy atom. The van der Waals surface area contributed by atoms with Crippen LogP contribution in [-0.4, -0.2) is 30.2 Å². The summed E-state index contributed by atoms with van der Waals surface area (Å²) in [5.41, 5.74) is 4.35. The Balaban J connectivity index is 1.86. The first-order valence-corrected chi connectivity index (χ1v) is 8.71. The van der Waals surface area contributed by atoms with Gasteiger partial charge in [-0.3, -0.25) is 9.59 Å². The molecule has 0 saturated carbocycles. The number of methoxy groups -OCH3 is 1. The van der Waals surface area contributed by atoms with Gasteiger partial charge in [0.05, 0.1) is 13.3 Å². The number of nitrogens with one attached hydrogen (secondary N) is 2. The highest BCUT2D eigenvalue weighted by Gasteiger charge is 2.09. The van der Waals surface area contributed by atoms with Gasteiger partial charge in [0, 0.05) is 24.1 Å². The maximum Gasteiger partial charge on any atom is 0.240 e. The molecule has 7 nitrogen and oxygen atoms in total. The molecular formula is C21H23N3O4. The molecule has 0 aliphatic rings. The van der Waals surface area contributed by atoms with Crippen molar-refractivity contribution >= 4 is 23.7 Å². The third kappa shape index (κ3) is 6.28. The van der Waals surface area contributed by atoms with Gasteiger partial charge in [0.1, 0.15) is 0 Å². The summed E-state index contributed by atoms with van der Waals surface area (Å²) in [4.78, 5) is 23.7. The number of para-hydroxylation sites is 1. The molecule has 0 heterocycles. The molecule has 0 bridgehead atoms. The molecule has 3 N–H and O–H groups in total. The van der Waals surface area contributed by atoms with Gasteiger partial charge in [0.15, 0.2) is 11.5 Å². The predicted octanol–water partition coefficient (Wildman–Crippen LogP) is 3.00. The van der Waals surface area contributed by atoms with Crippen molar-refractivity contribution in [3.05, 3.63) is 66.2 Å². The minimum atomic E-state index is -0.378. The number of nitrogens with zero attached hydrogens (tertiary/aromatic N) is 1. The number of carbonyl (C=O) groups is 2. The van der Waals surface area contributed by atoms with Gasteiger partial charge >= 0.3 is 0 Å². The number of rotatable bonds is 9. The SMILES string of the molecule is C=CCc1cc(/C=N/NC(=O)CCC(=O)Nc2ccccc2)cc(OC)c1O. The molecular weight excluding hydrogens is 358 g/mol. The lowest BCUT2D eigenvalue weighted by atomic mass is 10.1. The van der Waals surface area contributed by atoms with Gasteiger partial charge in [-0.05, 0) is 36.2 Å². The number of carbonyl (C=O) groups excluding carboxylic acids is 2. The number of phenols is 1. The minimum Gasteiger partial charge on any atom is -0.504 e. The van der Waals surface area contributed by atoms with Crippen molar-refractivity contribution < 1.29 is 19.4 Å². The van der Waals surface area contributed by atoms with Crippen LogP contribution in [0.4, 0.5) is 5.69 Å². The van der Waals surface area contributed by atoms with E-state index >= 15 is 0 Å². The van der Waals surface area contributed by atoms with E-state index in [1.54, 1.807) is 30.3 Å². The first-order chi connectivity index (χ1) is 13.5. The first-order valence-electron chi connectivity index (χ1n) is 8.71. The number of allylic oxidation sites excluding steroid dienone is 1. The largest absolute Gasteiger partial charge is 0.504 e. The highest BCUT2D eigenvalue weighted by molar-refractivity contribution is 5.93. The van der Waals surface area contributed by atoms with Crippen LogP contribution in [-0.2, 0) is 16.0 Å². The van der Waals surface area contributed by atoms with Crippen molar-refractivity contribution in [2.75, 3.05) is 12.4 Å². The molecule has 146 valence electrons. The van der Waals surface area contributed by atoms with Crippen molar-refractivity contribution in [1.82, 2.24) is 5.43 Å². The van der Waals surface area contributed by atoms with Crippen LogP contribution in [0.3, 0.4) is 0 Å². The Kier molecular flexibility index (Phi) is 7.77. The molecule has 0 aliphatic heterocycles. The van der Waals surface area contributed by atoms with E-state index in [9.17, 15) is 14.7 Å². The number of amides is 2. The Hall–Kier alpha value is -3.61. The van der Waals surface area contributed by atoms with Gasteiger partial charge in [0.2, 0.25) is 11.8 Å². The van der Waals surface area contributed by atoms with Crippen molar-refractivity contribution in [2.45, 2.75) is 19.3 Å². The Labute approximate surface area is 163 Å². The average molecular weight is 381 g/mol. The number of hydrogen-bond donors (Lipinski definition) is 3. The summed E-state index contributed by atoms with van der Waals surface area (Å²) in [5, 5.41) is 16.7. The van der Waals surface area contributed by atoms with Gasteiger partial charge < -0.3 is 15.2 Å². The van der Waals surface area contributed by atoms with Crippen LogP contribution in [0, 0.1) is 0 Å². The second-order valence-corrected chi connectivity index (χ2v) is 5.93.